The maximum atomic E-state index is 10.1. The van der Waals surface area contributed by atoms with E-state index in [0.29, 0.717) is 6.04 Å². The number of nitrogens with zero attached hydrogens (tertiary/aromatic N) is 1. The predicted molar refractivity (Wildman–Crippen MR) is 45.8 cm³/mol. The molecule has 0 aliphatic carbocycles. The van der Waals surface area contributed by atoms with Crippen molar-refractivity contribution in [3.05, 3.63) is 7.43 Å². The van der Waals surface area contributed by atoms with E-state index in [9.17, 15) is 4.79 Å². The predicted octanol–water partition coefficient (Wildman–Crippen LogP) is 0.185. The van der Waals surface area contributed by atoms with Crippen LogP contribution in [0.1, 0.15) is 12.8 Å². The van der Waals surface area contributed by atoms with Gasteiger partial charge >= 0.3 is 18.6 Å². The van der Waals surface area contributed by atoms with E-state index in [-0.39, 0.29) is 26.0 Å². The number of likely N-dealkylation sites (tertiary alicyclic amines) is 1. The molecule has 12 heavy (non-hydrogen) atoms. The van der Waals surface area contributed by atoms with Crippen LogP contribution in [-0.2, 0) is 23.4 Å². The molecule has 1 heterocycles. The molecule has 0 unspecified atom stereocenters. The molecule has 1 rings (SSSR count). The van der Waals surface area contributed by atoms with E-state index in [2.05, 4.69) is 5.32 Å². The van der Waals surface area contributed by atoms with Crippen molar-refractivity contribution in [1.29, 1.82) is 0 Å². The average molecular weight is 207 g/mol. The van der Waals surface area contributed by atoms with Crippen LogP contribution >= 0.6 is 0 Å². The van der Waals surface area contributed by atoms with E-state index in [1.165, 1.54) is 0 Å². The van der Waals surface area contributed by atoms with Crippen molar-refractivity contribution in [2.75, 3.05) is 20.1 Å². The molecule has 0 aromatic carbocycles. The first-order valence-corrected chi connectivity index (χ1v) is 3.67. The van der Waals surface area contributed by atoms with Gasteiger partial charge in [0.2, 0.25) is 0 Å². The van der Waals surface area contributed by atoms with Gasteiger partial charge in [0, 0.05) is 6.04 Å². The fourth-order valence-electron chi connectivity index (χ4n) is 1.26. The van der Waals surface area contributed by atoms with Gasteiger partial charge in [0.15, 0.2) is 0 Å². The summed E-state index contributed by atoms with van der Waals surface area (Å²) in [6, 6.07) is 0.601. The molecule has 1 amide bonds. The van der Waals surface area contributed by atoms with Gasteiger partial charge in [-0.25, -0.2) is 0 Å². The van der Waals surface area contributed by atoms with Crippen molar-refractivity contribution in [3.8, 4) is 0 Å². The first-order chi connectivity index (χ1) is 4.86. The molecule has 0 saturated carbocycles. The van der Waals surface area contributed by atoms with Crippen LogP contribution in [0, 0.1) is 7.43 Å². The minimum absolute atomic E-state index is 0. The van der Waals surface area contributed by atoms with Gasteiger partial charge in [0.05, 0.1) is 0 Å². The first-order valence-electron chi connectivity index (χ1n) is 3.67. The Bertz CT molecular complexity index is 114. The third-order valence-corrected chi connectivity index (χ3v) is 2.03. The summed E-state index contributed by atoms with van der Waals surface area (Å²) < 4.78 is 0. The number of hydrogen-bond acceptors (Lipinski definition) is 2. The summed E-state index contributed by atoms with van der Waals surface area (Å²) in [5, 5.41) is 3.19. The molecule has 1 saturated heterocycles. The standard InChI is InChI=1S/C7H13N2O.CH3.V/c1-8-7-2-4-9(6-10)5-3-7;;/h7-8H,2-5H2,1H3;1H3;/q2*-1;+2. The normalized spacial score (nSPS) is 17.6. The van der Waals surface area contributed by atoms with Gasteiger partial charge in [-0.1, -0.05) is 0 Å². The molecule has 1 aliphatic rings. The fraction of sp³-hybridized carbons (Fsp3) is 0.750. The van der Waals surface area contributed by atoms with Crippen LogP contribution in [0.2, 0.25) is 0 Å². The number of carbonyl (C=O) groups excluding carboxylic acids is 1. The maximum absolute atomic E-state index is 10.1. The minimum Gasteiger partial charge on any atom is -0.520 e. The van der Waals surface area contributed by atoms with Gasteiger partial charge in [-0.15, -0.1) is 0 Å². The van der Waals surface area contributed by atoms with Crippen molar-refractivity contribution in [2.45, 2.75) is 18.9 Å². The molecule has 1 aliphatic heterocycles. The number of rotatable bonds is 2. The Labute approximate surface area is 86.8 Å². The largest absolute Gasteiger partial charge is 2.00 e. The quantitative estimate of drug-likeness (QED) is 0.655. The zero-order valence-corrected chi connectivity index (χ0v) is 9.11. The number of hydrogen-bond donors (Lipinski definition) is 1. The summed E-state index contributed by atoms with van der Waals surface area (Å²) in [6.45, 7) is 1.71. The minimum atomic E-state index is 0. The topological polar surface area (TPSA) is 32.3 Å². The van der Waals surface area contributed by atoms with E-state index in [4.69, 9.17) is 0 Å². The number of amides is 1. The number of piperidine rings is 1. The monoisotopic (exact) mass is 207 g/mol. The first kappa shape index (κ1) is 14.5. The van der Waals surface area contributed by atoms with Crippen LogP contribution in [0.4, 0.5) is 0 Å². The second-order valence-corrected chi connectivity index (χ2v) is 2.64. The van der Waals surface area contributed by atoms with Crippen LogP contribution < -0.4 is 5.32 Å². The van der Waals surface area contributed by atoms with Gasteiger partial charge in [-0.05, 0) is 33.0 Å². The molecule has 0 aromatic rings. The van der Waals surface area contributed by atoms with Gasteiger partial charge in [-0.2, -0.15) is 6.41 Å². The van der Waals surface area contributed by atoms with Gasteiger partial charge < -0.3 is 22.4 Å². The SMILES string of the molecule is CNC1CCN([C-]=O)CC1.[CH3-].[V+2]. The second-order valence-electron chi connectivity index (χ2n) is 2.64. The fourth-order valence-corrected chi connectivity index (χ4v) is 1.26. The number of nitrogens with one attached hydrogen (secondary N) is 1. The Morgan fingerprint density at radius 2 is 1.92 bits per heavy atom. The van der Waals surface area contributed by atoms with Gasteiger partial charge in [0.1, 0.15) is 0 Å². The van der Waals surface area contributed by atoms with Crippen molar-refractivity contribution >= 4 is 6.41 Å². The zero-order valence-electron chi connectivity index (χ0n) is 7.71. The third kappa shape index (κ3) is 4.14. The van der Waals surface area contributed by atoms with Crippen LogP contribution in [0.25, 0.3) is 0 Å². The Balaban J connectivity index is 0. The van der Waals surface area contributed by atoms with E-state index in [1.54, 1.807) is 4.90 Å². The van der Waals surface area contributed by atoms with Gasteiger partial charge in [0.25, 0.3) is 0 Å². The maximum Gasteiger partial charge on any atom is 2.00 e. The summed E-state index contributed by atoms with van der Waals surface area (Å²) in [5.74, 6) is 0. The van der Waals surface area contributed by atoms with Crippen LogP contribution in [-0.4, -0.2) is 37.5 Å². The molecule has 69 valence electrons. The molecule has 0 atom stereocenters. The molecule has 1 fully saturated rings. The molecular formula is C8H16N2OV. The van der Waals surface area contributed by atoms with Crippen LogP contribution in [0.15, 0.2) is 0 Å². The summed E-state index contributed by atoms with van der Waals surface area (Å²) in [7, 11) is 1.96. The summed E-state index contributed by atoms with van der Waals surface area (Å²) in [4.78, 5) is 11.8. The Kier molecular flexibility index (Phi) is 9.27. The van der Waals surface area contributed by atoms with Gasteiger partial charge in [-0.3, -0.25) is 0 Å². The molecule has 3 nitrogen and oxygen atoms in total. The van der Waals surface area contributed by atoms with E-state index < -0.39 is 0 Å². The molecule has 1 N–H and O–H groups in total. The molecule has 0 spiro atoms. The van der Waals surface area contributed by atoms with Crippen molar-refractivity contribution in [3.63, 3.8) is 0 Å². The molecule has 0 aromatic heterocycles. The molecule has 4 heteroatoms. The molecule has 0 bridgehead atoms. The molecular weight excluding hydrogens is 191 g/mol. The smallest absolute Gasteiger partial charge is 0.520 e. The van der Waals surface area contributed by atoms with Crippen molar-refractivity contribution < 1.29 is 23.4 Å². The van der Waals surface area contributed by atoms with Crippen molar-refractivity contribution in [1.82, 2.24) is 10.2 Å². The van der Waals surface area contributed by atoms with Crippen LogP contribution in [0.5, 0.6) is 0 Å². The van der Waals surface area contributed by atoms with E-state index in [0.717, 1.165) is 25.9 Å². The molecule has 1 radical (unpaired) electrons. The Morgan fingerprint density at radius 1 is 1.42 bits per heavy atom. The average Bonchev–Trinajstić information content (AvgIpc) is 2.05. The summed E-state index contributed by atoms with van der Waals surface area (Å²) >= 11 is 0. The van der Waals surface area contributed by atoms with E-state index in [1.807, 2.05) is 13.5 Å². The Hall–Kier alpha value is 0.0144. The third-order valence-electron chi connectivity index (χ3n) is 2.03. The second kappa shape index (κ2) is 7.65. The Morgan fingerprint density at radius 3 is 2.25 bits per heavy atom. The summed E-state index contributed by atoms with van der Waals surface area (Å²) in [5.41, 5.74) is 0. The van der Waals surface area contributed by atoms with E-state index >= 15 is 0 Å². The zero-order chi connectivity index (χ0) is 7.40. The van der Waals surface area contributed by atoms with Crippen LogP contribution in [0.3, 0.4) is 0 Å². The summed E-state index contributed by atoms with van der Waals surface area (Å²) in [6.07, 6.45) is 4.03. The van der Waals surface area contributed by atoms with Crippen molar-refractivity contribution in [2.24, 2.45) is 0 Å².